The molecule has 5 N–H and O–H groups in total. The highest BCUT2D eigenvalue weighted by Crippen LogP contribution is 2.33. The lowest BCUT2D eigenvalue weighted by Crippen LogP contribution is -2.57. The Bertz CT molecular complexity index is 1050. The van der Waals surface area contributed by atoms with E-state index in [0.29, 0.717) is 36.8 Å². The molecule has 1 aromatic rings. The highest BCUT2D eigenvalue weighted by atomic mass is 19.4. The number of hydrogen-bond donors (Lipinski definition) is 5. The smallest absolute Gasteiger partial charge is 0.408 e. The number of aliphatic hydroxyl groups excluding tert-OH is 2. The van der Waals surface area contributed by atoms with Gasteiger partial charge in [-0.25, -0.2) is 9.78 Å². The van der Waals surface area contributed by atoms with E-state index in [0.717, 1.165) is 6.92 Å². The van der Waals surface area contributed by atoms with E-state index < -0.39 is 42.9 Å². The van der Waals surface area contributed by atoms with Crippen molar-refractivity contribution in [2.75, 3.05) is 31.6 Å². The Labute approximate surface area is 204 Å². The number of nitrogens with one attached hydrogen (secondary N) is 3. The molecule has 14 heteroatoms. The Morgan fingerprint density at radius 2 is 2.14 bits per heavy atom. The highest BCUT2D eigenvalue weighted by Gasteiger charge is 2.43. The van der Waals surface area contributed by atoms with Crippen LogP contribution < -0.4 is 20.7 Å². The molecule has 0 aliphatic carbocycles. The predicted molar refractivity (Wildman–Crippen MR) is 120 cm³/mol. The van der Waals surface area contributed by atoms with Crippen LogP contribution in [0.25, 0.3) is 0 Å². The first-order valence-electron chi connectivity index (χ1n) is 11.4. The topological polar surface area (TPSA) is 139 Å². The first kappa shape index (κ1) is 25.6. The number of dihydropyridines is 1. The lowest BCUT2D eigenvalue weighted by Gasteiger charge is -2.41. The summed E-state index contributed by atoms with van der Waals surface area (Å²) in [4.78, 5) is 33.4. The van der Waals surface area contributed by atoms with Crippen LogP contribution in [0.3, 0.4) is 0 Å². The number of fused-ring (bicyclic) bond motifs is 3. The zero-order chi connectivity index (χ0) is 26.0. The van der Waals surface area contributed by atoms with Gasteiger partial charge in [0.25, 0.3) is 0 Å². The number of carbonyl (C=O) groups excluding carboxylic acids is 2. The molecule has 3 amide bonds. The van der Waals surface area contributed by atoms with Gasteiger partial charge in [-0.05, 0) is 31.6 Å². The average molecular weight is 512 g/mol. The van der Waals surface area contributed by atoms with Gasteiger partial charge in [0.05, 0.1) is 24.5 Å². The number of amides is 3. The van der Waals surface area contributed by atoms with E-state index in [-0.39, 0.29) is 18.5 Å². The number of aromatic nitrogens is 1. The van der Waals surface area contributed by atoms with Crippen molar-refractivity contribution in [3.8, 4) is 5.75 Å². The van der Waals surface area contributed by atoms with Crippen LogP contribution >= 0.6 is 0 Å². The van der Waals surface area contributed by atoms with E-state index >= 15 is 0 Å². The Balaban J connectivity index is 1.45. The van der Waals surface area contributed by atoms with Crippen LogP contribution in [0.1, 0.15) is 13.3 Å². The number of aliphatic hydroxyl groups is 2. The molecule has 1 aromatic heterocycles. The van der Waals surface area contributed by atoms with Gasteiger partial charge in [0.15, 0.2) is 0 Å². The molecule has 4 heterocycles. The number of allylic oxidation sites excluding steroid dienone is 1. The summed E-state index contributed by atoms with van der Waals surface area (Å²) in [5, 5.41) is 25.8. The summed E-state index contributed by atoms with van der Waals surface area (Å²) in [5.41, 5.74) is 0.672. The molecule has 0 aromatic carbocycles. The van der Waals surface area contributed by atoms with Crippen LogP contribution in [0.5, 0.6) is 5.75 Å². The molecule has 1 unspecified atom stereocenters. The normalized spacial score (nSPS) is 22.5. The minimum Gasteiger partial charge on any atom is -0.489 e. The first-order chi connectivity index (χ1) is 17.1. The van der Waals surface area contributed by atoms with Crippen LogP contribution in [0.4, 0.5) is 23.8 Å². The van der Waals surface area contributed by atoms with E-state index in [1.807, 2.05) is 10.2 Å². The van der Waals surface area contributed by atoms with E-state index in [1.165, 1.54) is 29.3 Å². The fourth-order valence-electron chi connectivity index (χ4n) is 4.10. The predicted octanol–water partition coefficient (Wildman–Crippen LogP) is 0.499. The number of ether oxygens (including phenoxy) is 1. The third-order valence-corrected chi connectivity index (χ3v) is 6.07. The Morgan fingerprint density at radius 3 is 2.81 bits per heavy atom. The molecule has 0 spiro atoms. The fraction of sp³-hybridized carbons (Fsp3) is 0.500. The molecular formula is C22H27F3N6O5. The lowest BCUT2D eigenvalue weighted by molar-refractivity contribution is -0.158. The molecule has 196 valence electrons. The molecule has 2 bridgehead atoms. The van der Waals surface area contributed by atoms with Crippen molar-refractivity contribution in [1.29, 1.82) is 0 Å². The van der Waals surface area contributed by atoms with Gasteiger partial charge in [0, 0.05) is 13.1 Å². The molecular weight excluding hydrogens is 485 g/mol. The monoisotopic (exact) mass is 512 g/mol. The zero-order valence-electron chi connectivity index (χ0n) is 19.3. The van der Waals surface area contributed by atoms with Gasteiger partial charge in [0.1, 0.15) is 42.2 Å². The number of anilines is 1. The minimum atomic E-state index is -4.58. The average Bonchev–Trinajstić information content (AvgIpc) is 3.26. The first-order valence-corrected chi connectivity index (χ1v) is 11.4. The molecule has 3 aliphatic heterocycles. The molecule has 11 nitrogen and oxygen atoms in total. The van der Waals surface area contributed by atoms with E-state index in [1.54, 1.807) is 6.08 Å². The maximum absolute atomic E-state index is 13.3. The fourth-order valence-corrected chi connectivity index (χ4v) is 4.10. The molecule has 0 radical (unpaired) electrons. The quantitative estimate of drug-likeness (QED) is 0.356. The largest absolute Gasteiger partial charge is 0.489 e. The Kier molecular flexibility index (Phi) is 7.26. The van der Waals surface area contributed by atoms with Crippen molar-refractivity contribution in [2.24, 2.45) is 0 Å². The standard InChI is InChI=1S/C22H27F3N6O5/c1-12(22(23,24)25)27-20(34)16-3-4-17-19(28-16)31(13-6-7-30(17)9-13)21(35)29-18-5-2-15(8-26-18)36-11-14(33)10-32/h2-5,8,12-14,16,28,32-33H,6-7,9-11H2,1H3,(H,27,34)(H,26,29,35)/t12-,13+,14+,16?/m1/s1. The van der Waals surface area contributed by atoms with Crippen LogP contribution in [-0.4, -0.2) is 93.6 Å². The molecule has 4 rings (SSSR count). The van der Waals surface area contributed by atoms with Crippen molar-refractivity contribution in [1.82, 2.24) is 25.4 Å². The Morgan fingerprint density at radius 1 is 1.36 bits per heavy atom. The van der Waals surface area contributed by atoms with Crippen LogP contribution in [0.2, 0.25) is 0 Å². The van der Waals surface area contributed by atoms with Crippen LogP contribution in [-0.2, 0) is 4.79 Å². The van der Waals surface area contributed by atoms with Gasteiger partial charge >= 0.3 is 12.2 Å². The maximum Gasteiger partial charge on any atom is 0.408 e. The van der Waals surface area contributed by atoms with Crippen molar-refractivity contribution < 1.29 is 37.7 Å². The van der Waals surface area contributed by atoms with Crippen molar-refractivity contribution in [2.45, 2.75) is 43.8 Å². The van der Waals surface area contributed by atoms with Gasteiger partial charge in [-0.15, -0.1) is 0 Å². The van der Waals surface area contributed by atoms with Gasteiger partial charge in [-0.2, -0.15) is 13.2 Å². The van der Waals surface area contributed by atoms with Crippen LogP contribution in [0.15, 0.2) is 42.0 Å². The third kappa shape index (κ3) is 5.49. The summed E-state index contributed by atoms with van der Waals surface area (Å²) >= 11 is 0. The van der Waals surface area contributed by atoms with E-state index in [4.69, 9.17) is 9.84 Å². The summed E-state index contributed by atoms with van der Waals surface area (Å²) in [6.45, 7) is 1.56. The van der Waals surface area contributed by atoms with Gasteiger partial charge < -0.3 is 30.5 Å². The van der Waals surface area contributed by atoms with Gasteiger partial charge in [0.2, 0.25) is 5.91 Å². The van der Waals surface area contributed by atoms with Crippen molar-refractivity contribution >= 4 is 17.8 Å². The molecule has 4 atom stereocenters. The molecule has 36 heavy (non-hydrogen) atoms. The molecule has 1 saturated heterocycles. The highest BCUT2D eigenvalue weighted by molar-refractivity contribution is 5.91. The third-order valence-electron chi connectivity index (χ3n) is 6.07. The summed E-state index contributed by atoms with van der Waals surface area (Å²) in [5.74, 6) is 0.0224. The number of carbonyl (C=O) groups is 2. The van der Waals surface area contributed by atoms with E-state index in [2.05, 4.69) is 15.6 Å². The zero-order valence-corrected chi connectivity index (χ0v) is 19.3. The van der Waals surface area contributed by atoms with Crippen LogP contribution in [0, 0.1) is 0 Å². The summed E-state index contributed by atoms with van der Waals surface area (Å²) < 4.78 is 44.0. The lowest BCUT2D eigenvalue weighted by atomic mass is 10.1. The number of rotatable bonds is 7. The number of alkyl halides is 3. The summed E-state index contributed by atoms with van der Waals surface area (Å²) in [7, 11) is 0. The SMILES string of the molecule is C[C@@H](NC(=O)C1C=CC2=C(N1)N(C(=O)Nc1ccc(OC[C@@H](O)CO)cn1)[C@H]1CCN2C1)C(F)(F)F. The number of nitrogens with zero attached hydrogens (tertiary/aromatic N) is 3. The second kappa shape index (κ2) is 10.2. The maximum atomic E-state index is 13.3. The van der Waals surface area contributed by atoms with Crippen molar-refractivity contribution in [3.05, 3.63) is 42.0 Å². The summed E-state index contributed by atoms with van der Waals surface area (Å²) in [6.07, 6.45) is -0.475. The molecule has 3 aliphatic rings. The van der Waals surface area contributed by atoms with E-state index in [9.17, 15) is 27.9 Å². The number of urea groups is 1. The molecule has 0 saturated carbocycles. The second-order valence-electron chi connectivity index (χ2n) is 8.70. The minimum absolute atomic E-state index is 0.123. The number of pyridine rings is 1. The number of halogens is 3. The summed E-state index contributed by atoms with van der Waals surface area (Å²) in [6, 6.07) is -0.798. The van der Waals surface area contributed by atoms with Gasteiger partial charge in [-0.3, -0.25) is 15.0 Å². The van der Waals surface area contributed by atoms with Gasteiger partial charge in [-0.1, -0.05) is 6.08 Å². The van der Waals surface area contributed by atoms with Crippen molar-refractivity contribution in [3.63, 3.8) is 0 Å². The molecule has 1 fully saturated rings. The second-order valence-corrected chi connectivity index (χ2v) is 8.70. The Hall–Kier alpha value is -3.52. The number of hydrogen-bond acceptors (Lipinski definition) is 8.